The van der Waals surface area contributed by atoms with Crippen LogP contribution in [0.2, 0.25) is 0 Å². The fourth-order valence-electron chi connectivity index (χ4n) is 3.76. The molecule has 1 aliphatic heterocycles. The molecule has 1 saturated heterocycles. The summed E-state index contributed by atoms with van der Waals surface area (Å²) in [6.07, 6.45) is 0.406. The summed E-state index contributed by atoms with van der Waals surface area (Å²) in [5.41, 5.74) is 1.68. The molecule has 2 amide bonds. The van der Waals surface area contributed by atoms with Crippen LogP contribution < -0.4 is 10.6 Å². The van der Waals surface area contributed by atoms with Gasteiger partial charge in [-0.3, -0.25) is 9.59 Å². The van der Waals surface area contributed by atoms with E-state index in [0.717, 1.165) is 11.1 Å². The molecule has 2 atom stereocenters. The van der Waals surface area contributed by atoms with Crippen molar-refractivity contribution >= 4 is 21.7 Å². The SMILES string of the molecule is CC(C)[C@@H](NC(=O)C(c1ccccc1)c1ccccc1)C(=O)NC1CCS(=O)(=O)C1. The predicted octanol–water partition coefficient (Wildman–Crippen LogP) is 2.26. The highest BCUT2D eigenvalue weighted by molar-refractivity contribution is 7.91. The van der Waals surface area contributed by atoms with Crippen LogP contribution in [0.1, 0.15) is 37.3 Å². The van der Waals surface area contributed by atoms with E-state index in [1.54, 1.807) is 0 Å². The maximum Gasteiger partial charge on any atom is 0.243 e. The zero-order valence-corrected chi connectivity index (χ0v) is 18.1. The monoisotopic (exact) mass is 428 g/mol. The fourth-order valence-corrected chi connectivity index (χ4v) is 5.43. The van der Waals surface area contributed by atoms with E-state index < -0.39 is 27.8 Å². The minimum Gasteiger partial charge on any atom is -0.351 e. The number of carbonyl (C=O) groups excluding carboxylic acids is 2. The molecule has 2 aromatic rings. The van der Waals surface area contributed by atoms with Gasteiger partial charge in [0, 0.05) is 6.04 Å². The molecular weight excluding hydrogens is 400 g/mol. The van der Waals surface area contributed by atoms with E-state index in [9.17, 15) is 18.0 Å². The molecule has 1 fully saturated rings. The lowest BCUT2D eigenvalue weighted by Crippen LogP contribution is -2.53. The first-order valence-electron chi connectivity index (χ1n) is 10.2. The summed E-state index contributed by atoms with van der Waals surface area (Å²) < 4.78 is 23.4. The average Bonchev–Trinajstić information content (AvgIpc) is 3.05. The number of hydrogen-bond donors (Lipinski definition) is 2. The Labute approximate surface area is 178 Å². The van der Waals surface area contributed by atoms with E-state index in [0.29, 0.717) is 6.42 Å². The van der Waals surface area contributed by atoms with Crippen LogP contribution in [0.25, 0.3) is 0 Å². The van der Waals surface area contributed by atoms with Gasteiger partial charge in [-0.05, 0) is 23.5 Å². The maximum atomic E-state index is 13.3. The van der Waals surface area contributed by atoms with Crippen molar-refractivity contribution in [3.05, 3.63) is 71.8 Å². The van der Waals surface area contributed by atoms with Crippen LogP contribution in [0, 0.1) is 5.92 Å². The lowest BCUT2D eigenvalue weighted by Gasteiger charge is -2.26. The van der Waals surface area contributed by atoms with E-state index >= 15 is 0 Å². The van der Waals surface area contributed by atoms with Gasteiger partial charge < -0.3 is 10.6 Å². The van der Waals surface area contributed by atoms with Gasteiger partial charge in [0.05, 0.1) is 17.4 Å². The van der Waals surface area contributed by atoms with E-state index in [4.69, 9.17) is 0 Å². The molecule has 0 aromatic heterocycles. The zero-order valence-electron chi connectivity index (χ0n) is 17.2. The van der Waals surface area contributed by atoms with E-state index in [1.165, 1.54) is 0 Å². The molecule has 0 saturated carbocycles. The quantitative estimate of drug-likeness (QED) is 0.708. The number of amides is 2. The summed E-state index contributed by atoms with van der Waals surface area (Å²) in [5.74, 6) is -1.28. The van der Waals surface area contributed by atoms with Gasteiger partial charge in [0.1, 0.15) is 6.04 Å². The first-order valence-corrected chi connectivity index (χ1v) is 12.0. The van der Waals surface area contributed by atoms with Gasteiger partial charge >= 0.3 is 0 Å². The second kappa shape index (κ2) is 9.43. The summed E-state index contributed by atoms with van der Waals surface area (Å²) in [4.78, 5) is 26.2. The highest BCUT2D eigenvalue weighted by atomic mass is 32.2. The number of nitrogens with one attached hydrogen (secondary N) is 2. The molecule has 0 bridgehead atoms. The highest BCUT2D eigenvalue weighted by Gasteiger charge is 2.33. The second-order valence-electron chi connectivity index (χ2n) is 8.09. The van der Waals surface area contributed by atoms with Gasteiger partial charge in [-0.25, -0.2) is 8.42 Å². The smallest absolute Gasteiger partial charge is 0.243 e. The molecule has 0 radical (unpaired) electrons. The van der Waals surface area contributed by atoms with Crippen molar-refractivity contribution in [2.75, 3.05) is 11.5 Å². The van der Waals surface area contributed by atoms with Crippen LogP contribution in [0.5, 0.6) is 0 Å². The first kappa shape index (κ1) is 22.0. The van der Waals surface area contributed by atoms with Crippen LogP contribution in [0.15, 0.2) is 60.7 Å². The molecule has 3 rings (SSSR count). The molecule has 1 heterocycles. The van der Waals surface area contributed by atoms with Gasteiger partial charge in [0.2, 0.25) is 11.8 Å². The molecule has 1 aliphatic rings. The third-order valence-corrected chi connectivity index (χ3v) is 7.12. The van der Waals surface area contributed by atoms with Crippen molar-refractivity contribution in [3.63, 3.8) is 0 Å². The lowest BCUT2D eigenvalue weighted by molar-refractivity contribution is -0.130. The molecule has 160 valence electrons. The average molecular weight is 429 g/mol. The first-order chi connectivity index (χ1) is 14.3. The molecule has 7 heteroatoms. The van der Waals surface area contributed by atoms with E-state index in [-0.39, 0.29) is 29.2 Å². The van der Waals surface area contributed by atoms with E-state index in [2.05, 4.69) is 10.6 Å². The van der Waals surface area contributed by atoms with Crippen molar-refractivity contribution in [1.29, 1.82) is 0 Å². The van der Waals surface area contributed by atoms with Crippen LogP contribution in [0.4, 0.5) is 0 Å². The van der Waals surface area contributed by atoms with Gasteiger partial charge in [-0.15, -0.1) is 0 Å². The molecule has 2 N–H and O–H groups in total. The molecule has 30 heavy (non-hydrogen) atoms. The van der Waals surface area contributed by atoms with Crippen LogP contribution in [-0.4, -0.2) is 43.8 Å². The fraction of sp³-hybridized carbons (Fsp3) is 0.391. The minimum atomic E-state index is -3.10. The molecular formula is C23H28N2O4S. The Morgan fingerprint density at radius 3 is 1.87 bits per heavy atom. The lowest BCUT2D eigenvalue weighted by atomic mass is 9.89. The van der Waals surface area contributed by atoms with Crippen molar-refractivity contribution < 1.29 is 18.0 Å². The largest absolute Gasteiger partial charge is 0.351 e. The second-order valence-corrected chi connectivity index (χ2v) is 10.3. The van der Waals surface area contributed by atoms with Crippen LogP contribution in [-0.2, 0) is 19.4 Å². The predicted molar refractivity (Wildman–Crippen MR) is 117 cm³/mol. The number of hydrogen-bond acceptors (Lipinski definition) is 4. The van der Waals surface area contributed by atoms with E-state index in [1.807, 2.05) is 74.5 Å². The maximum absolute atomic E-state index is 13.3. The highest BCUT2D eigenvalue weighted by Crippen LogP contribution is 2.25. The molecule has 0 aliphatic carbocycles. The molecule has 6 nitrogen and oxygen atoms in total. The summed E-state index contributed by atoms with van der Waals surface area (Å²) in [5, 5.41) is 5.71. The Morgan fingerprint density at radius 2 is 1.43 bits per heavy atom. The molecule has 0 spiro atoms. The zero-order chi connectivity index (χ0) is 21.7. The van der Waals surface area contributed by atoms with Gasteiger partial charge in [0.25, 0.3) is 0 Å². The van der Waals surface area contributed by atoms with Crippen molar-refractivity contribution in [3.8, 4) is 0 Å². The minimum absolute atomic E-state index is 0.0475. The Balaban J connectivity index is 1.79. The Morgan fingerprint density at radius 1 is 0.900 bits per heavy atom. The van der Waals surface area contributed by atoms with Crippen molar-refractivity contribution in [2.24, 2.45) is 5.92 Å². The number of rotatable bonds is 7. The third kappa shape index (κ3) is 5.48. The van der Waals surface area contributed by atoms with Gasteiger partial charge in [-0.1, -0.05) is 74.5 Å². The van der Waals surface area contributed by atoms with Gasteiger partial charge in [-0.2, -0.15) is 0 Å². The Bertz CT molecular complexity index is 935. The topological polar surface area (TPSA) is 92.3 Å². The summed E-state index contributed by atoms with van der Waals surface area (Å²) in [6, 6.07) is 17.7. The van der Waals surface area contributed by atoms with Crippen molar-refractivity contribution in [2.45, 2.75) is 38.3 Å². The third-order valence-electron chi connectivity index (χ3n) is 5.35. The molecule has 2 aromatic carbocycles. The summed E-state index contributed by atoms with van der Waals surface area (Å²) in [6.45, 7) is 3.71. The Hall–Kier alpha value is -2.67. The van der Waals surface area contributed by atoms with Gasteiger partial charge in [0.15, 0.2) is 9.84 Å². The van der Waals surface area contributed by atoms with Crippen LogP contribution in [0.3, 0.4) is 0 Å². The number of sulfone groups is 1. The number of benzene rings is 2. The van der Waals surface area contributed by atoms with Crippen molar-refractivity contribution in [1.82, 2.24) is 10.6 Å². The molecule has 1 unspecified atom stereocenters. The summed E-state index contributed by atoms with van der Waals surface area (Å²) in [7, 11) is -3.10. The summed E-state index contributed by atoms with van der Waals surface area (Å²) >= 11 is 0. The normalized spacial score (nSPS) is 18.9. The van der Waals surface area contributed by atoms with Crippen LogP contribution >= 0.6 is 0 Å². The number of carbonyl (C=O) groups is 2. The standard InChI is InChI=1S/C23H28N2O4S/c1-16(2)21(23(27)24-19-13-14-30(28,29)15-19)25-22(26)20(17-9-5-3-6-10-17)18-11-7-4-8-12-18/h3-12,16,19-21H,13-15H2,1-2H3,(H,24,27)(H,25,26)/t19?,21-/m1/s1. The Kier molecular flexibility index (Phi) is 6.92.